The number of ether oxygens (including phenoxy) is 1. The highest BCUT2D eigenvalue weighted by Gasteiger charge is 2.40. The van der Waals surface area contributed by atoms with Crippen molar-refractivity contribution in [1.29, 1.82) is 0 Å². The predicted octanol–water partition coefficient (Wildman–Crippen LogP) is 1.13. The maximum absolute atomic E-state index is 10.6. The van der Waals surface area contributed by atoms with Crippen LogP contribution in [0.15, 0.2) is 0 Å². The van der Waals surface area contributed by atoms with Crippen LogP contribution >= 0.6 is 0 Å². The Labute approximate surface area is 66.4 Å². The van der Waals surface area contributed by atoms with Crippen LogP contribution in [0, 0.1) is 11.8 Å². The van der Waals surface area contributed by atoms with E-state index in [9.17, 15) is 4.79 Å². The van der Waals surface area contributed by atoms with Crippen molar-refractivity contribution in [2.45, 2.75) is 33.0 Å². The van der Waals surface area contributed by atoms with Gasteiger partial charge in [0.1, 0.15) is 0 Å². The lowest BCUT2D eigenvalue weighted by atomic mass is 9.91. The quantitative estimate of drug-likeness (QED) is 0.622. The standard InChI is InChI=1S/C8H14O3/c1-4-5(2)7(8(9)10)11-6(4)3/h4-7H,1-3H3,(H,9,10)/t4-,5+,6?,7+/m1/s1. The molecule has 3 heteroatoms. The molecule has 1 aliphatic rings. The minimum Gasteiger partial charge on any atom is -0.479 e. The van der Waals surface area contributed by atoms with E-state index in [2.05, 4.69) is 0 Å². The molecule has 0 aromatic rings. The zero-order valence-corrected chi connectivity index (χ0v) is 7.07. The second-order valence-corrected chi connectivity index (χ2v) is 3.32. The Hall–Kier alpha value is -0.570. The molecule has 1 fully saturated rings. The first-order valence-electron chi connectivity index (χ1n) is 3.92. The van der Waals surface area contributed by atoms with Gasteiger partial charge in [-0.05, 0) is 18.8 Å². The summed E-state index contributed by atoms with van der Waals surface area (Å²) in [7, 11) is 0. The summed E-state index contributed by atoms with van der Waals surface area (Å²) in [4.78, 5) is 10.6. The molecule has 0 aromatic heterocycles. The fourth-order valence-electron chi connectivity index (χ4n) is 1.47. The third-order valence-electron chi connectivity index (χ3n) is 2.65. The van der Waals surface area contributed by atoms with Crippen LogP contribution < -0.4 is 0 Å². The maximum Gasteiger partial charge on any atom is 0.333 e. The van der Waals surface area contributed by atoms with E-state index >= 15 is 0 Å². The molecule has 0 saturated carbocycles. The van der Waals surface area contributed by atoms with Crippen molar-refractivity contribution in [3.63, 3.8) is 0 Å². The summed E-state index contributed by atoms with van der Waals surface area (Å²) in [6.07, 6.45) is -0.522. The number of carbonyl (C=O) groups is 1. The third-order valence-corrected chi connectivity index (χ3v) is 2.65. The molecule has 1 N–H and O–H groups in total. The highest BCUT2D eigenvalue weighted by Crippen LogP contribution is 2.31. The van der Waals surface area contributed by atoms with Crippen molar-refractivity contribution in [1.82, 2.24) is 0 Å². The van der Waals surface area contributed by atoms with Gasteiger partial charge in [-0.3, -0.25) is 0 Å². The first kappa shape index (κ1) is 8.53. The van der Waals surface area contributed by atoms with E-state index < -0.39 is 12.1 Å². The molecule has 0 amide bonds. The minimum absolute atomic E-state index is 0.0751. The van der Waals surface area contributed by atoms with Crippen molar-refractivity contribution in [2.75, 3.05) is 0 Å². The Kier molecular flexibility index (Phi) is 2.18. The van der Waals surface area contributed by atoms with Crippen LogP contribution in [0.5, 0.6) is 0 Å². The molecular formula is C8H14O3. The zero-order chi connectivity index (χ0) is 8.59. The number of aliphatic carboxylic acids is 1. The topological polar surface area (TPSA) is 46.5 Å². The minimum atomic E-state index is -0.839. The van der Waals surface area contributed by atoms with Gasteiger partial charge in [0.2, 0.25) is 0 Å². The molecular weight excluding hydrogens is 144 g/mol. The molecule has 1 heterocycles. The van der Waals surface area contributed by atoms with Gasteiger partial charge in [0, 0.05) is 0 Å². The predicted molar refractivity (Wildman–Crippen MR) is 40.3 cm³/mol. The van der Waals surface area contributed by atoms with Crippen molar-refractivity contribution in [3.8, 4) is 0 Å². The molecule has 1 rings (SSSR count). The normalized spacial score (nSPS) is 44.3. The second-order valence-electron chi connectivity index (χ2n) is 3.32. The fraction of sp³-hybridized carbons (Fsp3) is 0.875. The van der Waals surface area contributed by atoms with E-state index in [-0.39, 0.29) is 12.0 Å². The molecule has 0 radical (unpaired) electrons. The molecule has 3 nitrogen and oxygen atoms in total. The summed E-state index contributed by atoms with van der Waals surface area (Å²) in [5.41, 5.74) is 0. The van der Waals surface area contributed by atoms with Crippen molar-refractivity contribution in [2.24, 2.45) is 11.8 Å². The van der Waals surface area contributed by atoms with Crippen LogP contribution in [0.25, 0.3) is 0 Å². The molecule has 0 bridgehead atoms. The maximum atomic E-state index is 10.6. The van der Waals surface area contributed by atoms with E-state index in [1.54, 1.807) is 0 Å². The molecule has 1 aliphatic heterocycles. The largest absolute Gasteiger partial charge is 0.479 e. The number of rotatable bonds is 1. The Morgan fingerprint density at radius 2 is 1.82 bits per heavy atom. The van der Waals surface area contributed by atoms with E-state index in [1.807, 2.05) is 20.8 Å². The molecule has 0 aromatic carbocycles. The molecule has 0 aliphatic carbocycles. The SMILES string of the molecule is CC1O[C@H](C(=O)O)[C@@H](C)[C@H]1C. The molecule has 11 heavy (non-hydrogen) atoms. The van der Waals surface area contributed by atoms with Crippen LogP contribution in [0.3, 0.4) is 0 Å². The summed E-state index contributed by atoms with van der Waals surface area (Å²) in [6.45, 7) is 5.87. The average Bonchev–Trinajstić information content (AvgIpc) is 2.17. The first-order chi connectivity index (χ1) is 5.04. The monoisotopic (exact) mass is 158 g/mol. The lowest BCUT2D eigenvalue weighted by molar-refractivity contribution is -0.150. The van der Waals surface area contributed by atoms with Gasteiger partial charge in [-0.1, -0.05) is 13.8 Å². The van der Waals surface area contributed by atoms with Gasteiger partial charge >= 0.3 is 5.97 Å². The Morgan fingerprint density at radius 1 is 1.27 bits per heavy atom. The van der Waals surface area contributed by atoms with Crippen molar-refractivity contribution >= 4 is 5.97 Å². The summed E-state index contributed by atoms with van der Waals surface area (Å²) in [5, 5.41) is 8.69. The number of hydrogen-bond acceptors (Lipinski definition) is 2. The van der Waals surface area contributed by atoms with E-state index in [1.165, 1.54) is 0 Å². The van der Waals surface area contributed by atoms with E-state index in [0.29, 0.717) is 5.92 Å². The molecule has 64 valence electrons. The summed E-state index contributed by atoms with van der Waals surface area (Å²) in [5.74, 6) is -0.368. The average molecular weight is 158 g/mol. The molecule has 1 saturated heterocycles. The highest BCUT2D eigenvalue weighted by atomic mass is 16.5. The highest BCUT2D eigenvalue weighted by molar-refractivity contribution is 5.73. The van der Waals surface area contributed by atoms with Gasteiger partial charge in [0.15, 0.2) is 6.10 Å². The van der Waals surface area contributed by atoms with Crippen LogP contribution in [0.2, 0.25) is 0 Å². The second kappa shape index (κ2) is 2.81. The zero-order valence-electron chi connectivity index (χ0n) is 7.07. The lowest BCUT2D eigenvalue weighted by Gasteiger charge is -2.10. The lowest BCUT2D eigenvalue weighted by Crippen LogP contribution is -2.25. The smallest absolute Gasteiger partial charge is 0.333 e. The van der Waals surface area contributed by atoms with Gasteiger partial charge in [0.05, 0.1) is 6.10 Å². The fourth-order valence-corrected chi connectivity index (χ4v) is 1.47. The van der Waals surface area contributed by atoms with Gasteiger partial charge in [-0.2, -0.15) is 0 Å². The van der Waals surface area contributed by atoms with Crippen LogP contribution in [-0.2, 0) is 9.53 Å². The van der Waals surface area contributed by atoms with E-state index in [0.717, 1.165) is 0 Å². The number of carboxylic acid groups (broad SMARTS) is 1. The molecule has 1 unspecified atom stereocenters. The molecule has 4 atom stereocenters. The summed E-state index contributed by atoms with van der Waals surface area (Å²) >= 11 is 0. The Morgan fingerprint density at radius 3 is 2.00 bits per heavy atom. The summed E-state index contributed by atoms with van der Waals surface area (Å²) < 4.78 is 5.25. The van der Waals surface area contributed by atoms with Gasteiger partial charge in [-0.15, -0.1) is 0 Å². The van der Waals surface area contributed by atoms with Crippen LogP contribution in [0.4, 0.5) is 0 Å². The van der Waals surface area contributed by atoms with Gasteiger partial charge < -0.3 is 9.84 Å². The first-order valence-corrected chi connectivity index (χ1v) is 3.92. The Bertz CT molecular complexity index is 167. The van der Waals surface area contributed by atoms with Crippen molar-refractivity contribution < 1.29 is 14.6 Å². The summed E-state index contributed by atoms with van der Waals surface area (Å²) in [6, 6.07) is 0. The number of carboxylic acids is 1. The Balaban J connectivity index is 2.67. The molecule has 0 spiro atoms. The van der Waals surface area contributed by atoms with Crippen molar-refractivity contribution in [3.05, 3.63) is 0 Å². The van der Waals surface area contributed by atoms with E-state index in [4.69, 9.17) is 9.84 Å². The third kappa shape index (κ3) is 1.38. The van der Waals surface area contributed by atoms with Crippen LogP contribution in [-0.4, -0.2) is 23.3 Å². The van der Waals surface area contributed by atoms with Gasteiger partial charge in [-0.25, -0.2) is 4.79 Å². The number of hydrogen-bond donors (Lipinski definition) is 1. The van der Waals surface area contributed by atoms with Crippen LogP contribution in [0.1, 0.15) is 20.8 Å². The van der Waals surface area contributed by atoms with Gasteiger partial charge in [0.25, 0.3) is 0 Å².